The molecule has 3 atom stereocenters. The second-order valence-corrected chi connectivity index (χ2v) is 9.52. The van der Waals surface area contributed by atoms with Crippen molar-refractivity contribution in [3.63, 3.8) is 0 Å². The molecule has 0 amide bonds. The van der Waals surface area contributed by atoms with Gasteiger partial charge in [-0.25, -0.2) is 0 Å². The molecule has 0 bridgehead atoms. The number of benzene rings is 2. The summed E-state index contributed by atoms with van der Waals surface area (Å²) in [6.45, 7) is 12.5. The minimum atomic E-state index is 0.479. The highest BCUT2D eigenvalue weighted by atomic mass is 14.9. The Morgan fingerprint density at radius 3 is 2.07 bits per heavy atom. The number of nitrogens with one attached hydrogen (secondary N) is 2. The van der Waals surface area contributed by atoms with E-state index in [-0.39, 0.29) is 0 Å². The standard InChI is InChI=1S/C27H40N2/c1-20-5-9-24(10-6-20)18-22(3)17-23(4)19-29-27(26-13-15-28-16-14-26)25-11-7-21(2)8-12-25/h5-12,22-23,26-29H,13-19H2,1-4H3. The number of aryl methyl sites for hydroxylation is 2. The van der Waals surface area contributed by atoms with Crippen LogP contribution < -0.4 is 10.6 Å². The minimum Gasteiger partial charge on any atom is -0.317 e. The summed E-state index contributed by atoms with van der Waals surface area (Å²) in [6.07, 6.45) is 4.99. The Morgan fingerprint density at radius 1 is 0.862 bits per heavy atom. The number of hydrogen-bond donors (Lipinski definition) is 2. The van der Waals surface area contributed by atoms with E-state index in [0.29, 0.717) is 17.9 Å². The van der Waals surface area contributed by atoms with E-state index in [0.717, 1.165) is 25.6 Å². The van der Waals surface area contributed by atoms with E-state index in [4.69, 9.17) is 0 Å². The molecule has 0 spiro atoms. The topological polar surface area (TPSA) is 24.1 Å². The minimum absolute atomic E-state index is 0.479. The maximum Gasteiger partial charge on any atom is 0.0349 e. The maximum atomic E-state index is 3.97. The summed E-state index contributed by atoms with van der Waals surface area (Å²) >= 11 is 0. The van der Waals surface area contributed by atoms with Gasteiger partial charge in [-0.2, -0.15) is 0 Å². The zero-order valence-corrected chi connectivity index (χ0v) is 18.9. The average Bonchev–Trinajstić information content (AvgIpc) is 2.72. The number of hydrogen-bond acceptors (Lipinski definition) is 2. The summed E-state index contributed by atoms with van der Waals surface area (Å²) in [5, 5.41) is 7.49. The fourth-order valence-electron chi connectivity index (χ4n) is 4.82. The molecule has 2 aromatic rings. The van der Waals surface area contributed by atoms with Gasteiger partial charge in [0.1, 0.15) is 0 Å². The quantitative estimate of drug-likeness (QED) is 0.560. The van der Waals surface area contributed by atoms with E-state index in [9.17, 15) is 0 Å². The summed E-state index contributed by atoms with van der Waals surface area (Å²) < 4.78 is 0. The number of piperidine rings is 1. The van der Waals surface area contributed by atoms with Gasteiger partial charge in [0, 0.05) is 6.04 Å². The zero-order chi connectivity index (χ0) is 20.6. The summed E-state index contributed by atoms with van der Waals surface area (Å²) in [5.74, 6) is 2.13. The zero-order valence-electron chi connectivity index (χ0n) is 18.9. The van der Waals surface area contributed by atoms with E-state index < -0.39 is 0 Å². The molecule has 0 saturated carbocycles. The Morgan fingerprint density at radius 2 is 1.45 bits per heavy atom. The van der Waals surface area contributed by atoms with Gasteiger partial charge in [-0.3, -0.25) is 0 Å². The second-order valence-electron chi connectivity index (χ2n) is 9.52. The lowest BCUT2D eigenvalue weighted by Crippen LogP contribution is -2.38. The molecule has 1 aliphatic heterocycles. The van der Waals surface area contributed by atoms with E-state index in [1.54, 1.807) is 0 Å². The molecule has 0 aliphatic carbocycles. The summed E-state index contributed by atoms with van der Waals surface area (Å²) in [4.78, 5) is 0. The molecule has 158 valence electrons. The first-order chi connectivity index (χ1) is 14.0. The van der Waals surface area contributed by atoms with Crippen LogP contribution in [0, 0.1) is 31.6 Å². The molecule has 2 heteroatoms. The SMILES string of the molecule is Cc1ccc(CC(C)CC(C)CNC(c2ccc(C)cc2)C2CCNCC2)cc1. The van der Waals surface area contributed by atoms with Crippen molar-refractivity contribution in [3.8, 4) is 0 Å². The molecule has 1 heterocycles. The van der Waals surface area contributed by atoms with Crippen molar-refractivity contribution in [2.24, 2.45) is 17.8 Å². The third-order valence-corrected chi connectivity index (χ3v) is 6.49. The van der Waals surface area contributed by atoms with Crippen LogP contribution in [-0.4, -0.2) is 19.6 Å². The van der Waals surface area contributed by atoms with Gasteiger partial charge < -0.3 is 10.6 Å². The van der Waals surface area contributed by atoms with Crippen LogP contribution in [0.15, 0.2) is 48.5 Å². The average molecular weight is 393 g/mol. The molecule has 29 heavy (non-hydrogen) atoms. The van der Waals surface area contributed by atoms with Crippen molar-refractivity contribution < 1.29 is 0 Å². The highest BCUT2D eigenvalue weighted by Crippen LogP contribution is 2.29. The third kappa shape index (κ3) is 6.97. The Hall–Kier alpha value is -1.64. The van der Waals surface area contributed by atoms with Crippen LogP contribution in [0.2, 0.25) is 0 Å². The highest BCUT2D eigenvalue weighted by Gasteiger charge is 2.25. The van der Waals surface area contributed by atoms with Gasteiger partial charge in [-0.1, -0.05) is 73.5 Å². The largest absolute Gasteiger partial charge is 0.317 e. The van der Waals surface area contributed by atoms with Crippen molar-refractivity contribution in [1.82, 2.24) is 10.6 Å². The van der Waals surface area contributed by atoms with Gasteiger partial charge in [-0.05, 0) is 88.0 Å². The van der Waals surface area contributed by atoms with Crippen molar-refractivity contribution in [2.75, 3.05) is 19.6 Å². The van der Waals surface area contributed by atoms with Crippen molar-refractivity contribution in [1.29, 1.82) is 0 Å². The summed E-state index contributed by atoms with van der Waals surface area (Å²) in [5.41, 5.74) is 5.62. The van der Waals surface area contributed by atoms with Gasteiger partial charge in [0.15, 0.2) is 0 Å². The van der Waals surface area contributed by atoms with Crippen LogP contribution in [0.25, 0.3) is 0 Å². The fraction of sp³-hybridized carbons (Fsp3) is 0.556. The highest BCUT2D eigenvalue weighted by molar-refractivity contribution is 5.25. The van der Waals surface area contributed by atoms with Gasteiger partial charge >= 0.3 is 0 Å². The lowest BCUT2D eigenvalue weighted by molar-refractivity contribution is 0.267. The predicted octanol–water partition coefficient (Wildman–Crippen LogP) is 5.84. The molecule has 3 unspecified atom stereocenters. The van der Waals surface area contributed by atoms with Crippen molar-refractivity contribution in [2.45, 2.75) is 59.4 Å². The molecule has 0 aromatic heterocycles. The smallest absolute Gasteiger partial charge is 0.0349 e. The molecule has 0 radical (unpaired) electrons. The lowest BCUT2D eigenvalue weighted by atomic mass is 9.85. The Kier molecular flexibility index (Phi) is 8.32. The summed E-state index contributed by atoms with van der Waals surface area (Å²) in [6, 6.07) is 18.7. The van der Waals surface area contributed by atoms with E-state index in [1.807, 2.05) is 0 Å². The Labute approximate surface area is 178 Å². The van der Waals surface area contributed by atoms with Crippen LogP contribution in [0.3, 0.4) is 0 Å². The molecular weight excluding hydrogens is 352 g/mol. The molecule has 2 N–H and O–H groups in total. The number of rotatable bonds is 9. The fourth-order valence-corrected chi connectivity index (χ4v) is 4.82. The van der Waals surface area contributed by atoms with Crippen LogP contribution >= 0.6 is 0 Å². The molecule has 2 nitrogen and oxygen atoms in total. The molecular formula is C27H40N2. The van der Waals surface area contributed by atoms with Crippen molar-refractivity contribution >= 4 is 0 Å². The van der Waals surface area contributed by atoms with Crippen LogP contribution in [-0.2, 0) is 6.42 Å². The Bertz CT molecular complexity index is 713. The van der Waals surface area contributed by atoms with E-state index >= 15 is 0 Å². The van der Waals surface area contributed by atoms with Crippen LogP contribution in [0.1, 0.15) is 61.4 Å². The lowest BCUT2D eigenvalue weighted by Gasteiger charge is -2.33. The maximum absolute atomic E-state index is 3.97. The first-order valence-electron chi connectivity index (χ1n) is 11.6. The molecule has 1 fully saturated rings. The molecule has 1 aliphatic rings. The molecule has 2 aromatic carbocycles. The second kappa shape index (κ2) is 10.9. The van der Waals surface area contributed by atoms with E-state index in [1.165, 1.54) is 47.9 Å². The van der Waals surface area contributed by atoms with Crippen LogP contribution in [0.5, 0.6) is 0 Å². The first-order valence-corrected chi connectivity index (χ1v) is 11.6. The summed E-state index contributed by atoms with van der Waals surface area (Å²) in [7, 11) is 0. The Balaban J connectivity index is 1.54. The normalized spacial score (nSPS) is 18.3. The van der Waals surface area contributed by atoms with Crippen molar-refractivity contribution in [3.05, 3.63) is 70.8 Å². The molecule has 3 rings (SSSR count). The van der Waals surface area contributed by atoms with Crippen LogP contribution in [0.4, 0.5) is 0 Å². The van der Waals surface area contributed by atoms with Gasteiger partial charge in [0.25, 0.3) is 0 Å². The van der Waals surface area contributed by atoms with E-state index in [2.05, 4.69) is 86.9 Å². The first kappa shape index (κ1) is 22.1. The third-order valence-electron chi connectivity index (χ3n) is 6.49. The van der Waals surface area contributed by atoms with Gasteiger partial charge in [0.2, 0.25) is 0 Å². The van der Waals surface area contributed by atoms with Gasteiger partial charge in [-0.15, -0.1) is 0 Å². The predicted molar refractivity (Wildman–Crippen MR) is 125 cm³/mol. The molecule has 1 saturated heterocycles. The monoisotopic (exact) mass is 392 g/mol. The van der Waals surface area contributed by atoms with Gasteiger partial charge in [0.05, 0.1) is 0 Å².